The monoisotopic (exact) mass is 378 g/mol. The number of hydrogen-bond acceptors (Lipinski definition) is 4. The molecule has 8 heteroatoms. The fourth-order valence-corrected chi connectivity index (χ4v) is 3.01. The first-order valence-electron chi connectivity index (χ1n) is 7.76. The first-order chi connectivity index (χ1) is 12.2. The normalized spacial score (nSPS) is 11.4. The van der Waals surface area contributed by atoms with Gasteiger partial charge in [0, 0.05) is 23.4 Å². The van der Waals surface area contributed by atoms with Crippen molar-refractivity contribution in [2.75, 3.05) is 18.1 Å². The summed E-state index contributed by atoms with van der Waals surface area (Å²) in [6.45, 7) is 0.671. The Kier molecular flexibility index (Phi) is 6.23. The summed E-state index contributed by atoms with van der Waals surface area (Å²) < 4.78 is 38.6. The van der Waals surface area contributed by atoms with Crippen LogP contribution in [-0.2, 0) is 21.4 Å². The van der Waals surface area contributed by atoms with E-state index in [2.05, 4.69) is 5.32 Å². The Morgan fingerprint density at radius 3 is 2.42 bits per heavy atom. The Morgan fingerprint density at radius 2 is 1.81 bits per heavy atom. The average molecular weight is 378 g/mol. The summed E-state index contributed by atoms with van der Waals surface area (Å²) >= 11 is 0. The molecule has 0 saturated carbocycles. The molecule has 0 aromatic heterocycles. The molecule has 26 heavy (non-hydrogen) atoms. The summed E-state index contributed by atoms with van der Waals surface area (Å²) in [7, 11) is -3.74. The van der Waals surface area contributed by atoms with Crippen LogP contribution < -0.4 is 5.32 Å². The molecule has 0 fully saturated rings. The van der Waals surface area contributed by atoms with Gasteiger partial charge in [-0.1, -0.05) is 30.3 Å². The second kappa shape index (κ2) is 8.20. The Balaban J connectivity index is 2.13. The number of halogens is 1. The zero-order valence-corrected chi connectivity index (χ0v) is 15.2. The van der Waals surface area contributed by atoms with Crippen LogP contribution in [0.5, 0.6) is 0 Å². The third-order valence-corrected chi connectivity index (χ3v) is 4.84. The van der Waals surface area contributed by atoms with E-state index in [-0.39, 0.29) is 17.9 Å². The van der Waals surface area contributed by atoms with Crippen molar-refractivity contribution in [3.05, 3.63) is 65.5 Å². The first-order valence-corrected chi connectivity index (χ1v) is 9.61. The van der Waals surface area contributed by atoms with E-state index in [4.69, 9.17) is 0 Å². The predicted octanol–water partition coefficient (Wildman–Crippen LogP) is 2.43. The lowest BCUT2D eigenvalue weighted by Crippen LogP contribution is -2.37. The lowest BCUT2D eigenvalue weighted by atomic mass is 10.1. The highest BCUT2D eigenvalue weighted by Crippen LogP contribution is 2.14. The van der Waals surface area contributed by atoms with Crippen molar-refractivity contribution in [1.29, 1.82) is 0 Å². The fraction of sp³-hybridized carbons (Fsp3) is 0.222. The number of carbonyl (C=O) groups is 2. The molecule has 0 saturated heterocycles. The van der Waals surface area contributed by atoms with Crippen LogP contribution in [-0.4, -0.2) is 37.2 Å². The predicted molar refractivity (Wildman–Crippen MR) is 96.7 cm³/mol. The topological polar surface area (TPSA) is 83.6 Å². The summed E-state index contributed by atoms with van der Waals surface area (Å²) in [5, 5.41) is 2.55. The van der Waals surface area contributed by atoms with Gasteiger partial charge in [0.1, 0.15) is 5.82 Å². The maximum absolute atomic E-state index is 13.8. The molecule has 0 bridgehead atoms. The largest absolute Gasteiger partial charge is 0.325 e. The van der Waals surface area contributed by atoms with Gasteiger partial charge < -0.3 is 5.32 Å². The minimum absolute atomic E-state index is 0.154. The van der Waals surface area contributed by atoms with Gasteiger partial charge in [0.2, 0.25) is 15.9 Å². The van der Waals surface area contributed by atoms with Crippen molar-refractivity contribution in [3.63, 3.8) is 0 Å². The van der Waals surface area contributed by atoms with Gasteiger partial charge in [0.25, 0.3) is 0 Å². The molecule has 0 aliphatic carbocycles. The average Bonchev–Trinajstić information content (AvgIpc) is 2.55. The highest BCUT2D eigenvalue weighted by atomic mass is 32.2. The number of amides is 1. The molecule has 1 amide bonds. The van der Waals surface area contributed by atoms with Gasteiger partial charge in [-0.05, 0) is 25.1 Å². The maximum Gasteiger partial charge on any atom is 0.239 e. The zero-order valence-electron chi connectivity index (χ0n) is 14.4. The van der Waals surface area contributed by atoms with E-state index in [1.165, 1.54) is 31.2 Å². The molecule has 1 N–H and O–H groups in total. The van der Waals surface area contributed by atoms with E-state index in [1.54, 1.807) is 24.3 Å². The van der Waals surface area contributed by atoms with Crippen LogP contribution >= 0.6 is 0 Å². The molecule has 0 aliphatic heterocycles. The van der Waals surface area contributed by atoms with E-state index >= 15 is 0 Å². The lowest BCUT2D eigenvalue weighted by Gasteiger charge is -2.20. The Bertz CT molecular complexity index is 928. The highest BCUT2D eigenvalue weighted by molar-refractivity contribution is 7.88. The molecular formula is C18H19FN2O4S. The molecule has 138 valence electrons. The van der Waals surface area contributed by atoms with Crippen LogP contribution in [0.15, 0.2) is 48.5 Å². The van der Waals surface area contributed by atoms with Crippen molar-refractivity contribution < 1.29 is 22.4 Å². The molecule has 0 unspecified atom stereocenters. The molecule has 0 spiro atoms. The van der Waals surface area contributed by atoms with Gasteiger partial charge in [-0.15, -0.1) is 0 Å². The summed E-state index contributed by atoms with van der Waals surface area (Å²) in [5.74, 6) is -1.29. The Morgan fingerprint density at radius 1 is 1.12 bits per heavy atom. The number of anilines is 1. The quantitative estimate of drug-likeness (QED) is 0.750. The van der Waals surface area contributed by atoms with Gasteiger partial charge in [-0.25, -0.2) is 12.8 Å². The number of benzene rings is 2. The lowest BCUT2D eigenvalue weighted by molar-refractivity contribution is -0.116. The first kappa shape index (κ1) is 19.7. The molecule has 2 rings (SSSR count). The molecule has 2 aromatic carbocycles. The summed E-state index contributed by atoms with van der Waals surface area (Å²) in [4.78, 5) is 23.6. The number of Topliss-reactive ketones (excluding diaryl/α,β-unsaturated/α-hetero) is 1. The Labute approximate surface area is 151 Å². The summed E-state index contributed by atoms with van der Waals surface area (Å²) in [6.07, 6.45) is 0.956. The zero-order chi connectivity index (χ0) is 19.3. The number of nitrogens with zero attached hydrogens (tertiary/aromatic N) is 1. The summed E-state index contributed by atoms with van der Waals surface area (Å²) in [6, 6.07) is 12.1. The van der Waals surface area contributed by atoms with Crippen LogP contribution in [0.2, 0.25) is 0 Å². The van der Waals surface area contributed by atoms with Gasteiger partial charge >= 0.3 is 0 Å². The number of ketones is 1. The molecule has 6 nitrogen and oxygen atoms in total. The number of rotatable bonds is 7. The van der Waals surface area contributed by atoms with Crippen molar-refractivity contribution in [2.45, 2.75) is 13.5 Å². The van der Waals surface area contributed by atoms with E-state index in [0.717, 1.165) is 10.6 Å². The van der Waals surface area contributed by atoms with Crippen LogP contribution in [0.1, 0.15) is 22.8 Å². The second-order valence-electron chi connectivity index (χ2n) is 5.81. The van der Waals surface area contributed by atoms with Crippen LogP contribution in [0.25, 0.3) is 0 Å². The van der Waals surface area contributed by atoms with E-state index in [9.17, 15) is 22.4 Å². The molecule has 2 aromatic rings. The van der Waals surface area contributed by atoms with Gasteiger partial charge in [0.15, 0.2) is 5.78 Å². The highest BCUT2D eigenvalue weighted by Gasteiger charge is 2.22. The van der Waals surface area contributed by atoms with Crippen LogP contribution in [0, 0.1) is 5.82 Å². The smallest absolute Gasteiger partial charge is 0.239 e. The third kappa shape index (κ3) is 5.47. The molecule has 0 radical (unpaired) electrons. The second-order valence-corrected chi connectivity index (χ2v) is 7.79. The summed E-state index contributed by atoms with van der Waals surface area (Å²) in [5.41, 5.74) is 0.973. The number of nitrogens with one attached hydrogen (secondary N) is 1. The maximum atomic E-state index is 13.8. The van der Waals surface area contributed by atoms with Gasteiger partial charge in [-0.3, -0.25) is 9.59 Å². The van der Waals surface area contributed by atoms with Crippen molar-refractivity contribution in [2.24, 2.45) is 0 Å². The van der Waals surface area contributed by atoms with E-state index in [1.807, 2.05) is 0 Å². The molecular weight excluding hydrogens is 359 g/mol. The number of carbonyl (C=O) groups excluding carboxylic acids is 2. The van der Waals surface area contributed by atoms with Crippen molar-refractivity contribution >= 4 is 27.4 Å². The minimum atomic E-state index is -3.74. The molecule has 0 atom stereocenters. The van der Waals surface area contributed by atoms with Crippen molar-refractivity contribution in [1.82, 2.24) is 4.31 Å². The third-order valence-electron chi connectivity index (χ3n) is 3.65. The number of hydrogen-bond donors (Lipinski definition) is 1. The molecule has 0 aliphatic rings. The van der Waals surface area contributed by atoms with Crippen LogP contribution in [0.4, 0.5) is 10.1 Å². The van der Waals surface area contributed by atoms with Gasteiger partial charge in [0.05, 0.1) is 12.8 Å². The Hall–Kier alpha value is -2.58. The fourth-order valence-electron chi connectivity index (χ4n) is 2.28. The SMILES string of the molecule is CC(=O)c1cccc(NC(=O)CN(Cc2ccccc2F)S(C)(=O)=O)c1. The standard InChI is InChI=1S/C18H19FN2O4S/c1-13(22)14-7-5-8-16(10-14)20-18(23)12-21(26(2,24)25)11-15-6-3-4-9-17(15)19/h3-10H,11-12H2,1-2H3,(H,20,23). The van der Waals surface area contributed by atoms with E-state index in [0.29, 0.717) is 11.3 Å². The van der Waals surface area contributed by atoms with Crippen molar-refractivity contribution in [3.8, 4) is 0 Å². The van der Waals surface area contributed by atoms with E-state index < -0.39 is 28.3 Å². The number of sulfonamides is 1. The molecule has 0 heterocycles. The van der Waals surface area contributed by atoms with Gasteiger partial charge in [-0.2, -0.15) is 4.31 Å². The minimum Gasteiger partial charge on any atom is -0.325 e. The van der Waals surface area contributed by atoms with Crippen LogP contribution in [0.3, 0.4) is 0 Å².